The molecule has 0 bridgehead atoms. The first-order valence-electron chi connectivity index (χ1n) is 9.32. The molecule has 144 valence electrons. The number of rotatable bonds is 7. The minimum atomic E-state index is -1.72. The van der Waals surface area contributed by atoms with Crippen molar-refractivity contribution in [2.45, 2.75) is 31.8 Å². The van der Waals surface area contributed by atoms with Crippen molar-refractivity contribution >= 4 is 23.2 Å². The van der Waals surface area contributed by atoms with Crippen LogP contribution >= 0.6 is 0 Å². The molecule has 2 aliphatic heterocycles. The molecular weight excluding hydrogens is 344 g/mol. The molecule has 0 aromatic heterocycles. The van der Waals surface area contributed by atoms with Crippen molar-refractivity contribution in [2.75, 3.05) is 29.5 Å². The van der Waals surface area contributed by atoms with Gasteiger partial charge in [-0.05, 0) is 31.0 Å². The van der Waals surface area contributed by atoms with Crippen molar-refractivity contribution < 1.29 is 19.8 Å². The molecule has 1 aromatic carbocycles. The Kier molecular flexibility index (Phi) is 5.48. The van der Waals surface area contributed by atoms with Crippen molar-refractivity contribution in [2.24, 2.45) is 5.92 Å². The molecule has 27 heavy (non-hydrogen) atoms. The van der Waals surface area contributed by atoms with Gasteiger partial charge in [0.2, 0.25) is 5.91 Å². The fourth-order valence-corrected chi connectivity index (χ4v) is 3.85. The molecule has 0 radical (unpaired) electrons. The van der Waals surface area contributed by atoms with Gasteiger partial charge in [-0.2, -0.15) is 0 Å². The number of aliphatic hydroxyl groups excluding tert-OH is 1. The van der Waals surface area contributed by atoms with Crippen LogP contribution in [0.15, 0.2) is 43.0 Å². The predicted octanol–water partition coefficient (Wildman–Crippen LogP) is 2.11. The summed E-state index contributed by atoms with van der Waals surface area (Å²) >= 11 is 0. The number of carbonyl (C=O) groups is 2. The summed E-state index contributed by atoms with van der Waals surface area (Å²) in [6, 6.07) is 5.37. The molecule has 0 saturated carbocycles. The predicted molar refractivity (Wildman–Crippen MR) is 104 cm³/mol. The van der Waals surface area contributed by atoms with Gasteiger partial charge in [0.25, 0.3) is 5.91 Å². The maximum atomic E-state index is 13.1. The van der Waals surface area contributed by atoms with E-state index in [2.05, 4.69) is 6.58 Å². The van der Waals surface area contributed by atoms with E-state index in [4.69, 9.17) is 5.11 Å². The Morgan fingerprint density at radius 2 is 2.15 bits per heavy atom. The van der Waals surface area contributed by atoms with Gasteiger partial charge in [0, 0.05) is 43.3 Å². The Morgan fingerprint density at radius 1 is 1.37 bits per heavy atom. The van der Waals surface area contributed by atoms with Gasteiger partial charge >= 0.3 is 0 Å². The molecule has 3 rings (SSSR count). The number of hydrogen-bond acceptors (Lipinski definition) is 4. The molecule has 1 fully saturated rings. The van der Waals surface area contributed by atoms with Crippen LogP contribution in [-0.4, -0.2) is 41.7 Å². The molecule has 2 aliphatic rings. The minimum Gasteiger partial charge on any atom is -0.396 e. The zero-order valence-corrected chi connectivity index (χ0v) is 15.6. The molecule has 2 heterocycles. The Bertz CT molecular complexity index is 788. The fourth-order valence-electron chi connectivity index (χ4n) is 3.85. The largest absolute Gasteiger partial charge is 0.396 e. The van der Waals surface area contributed by atoms with Crippen LogP contribution < -0.4 is 9.80 Å². The van der Waals surface area contributed by atoms with Gasteiger partial charge in [-0.1, -0.05) is 25.2 Å². The Hall–Kier alpha value is -2.44. The summed E-state index contributed by atoms with van der Waals surface area (Å²) in [7, 11) is 0. The van der Waals surface area contributed by atoms with Gasteiger partial charge in [-0.3, -0.25) is 9.59 Å². The molecular formula is C21H26N2O4. The Labute approximate surface area is 159 Å². The number of carbonyl (C=O) groups excluding carboxylic acids is 2. The van der Waals surface area contributed by atoms with Gasteiger partial charge in [-0.25, -0.2) is 0 Å². The molecule has 2 atom stereocenters. The van der Waals surface area contributed by atoms with Crippen LogP contribution in [0.2, 0.25) is 0 Å². The number of nitrogens with zero attached hydrogens (tertiary/aromatic N) is 2. The zero-order valence-electron chi connectivity index (χ0n) is 15.6. The highest BCUT2D eigenvalue weighted by Gasteiger charge is 2.52. The third-order valence-corrected chi connectivity index (χ3v) is 5.33. The van der Waals surface area contributed by atoms with E-state index in [-0.39, 0.29) is 12.5 Å². The summed E-state index contributed by atoms with van der Waals surface area (Å²) < 4.78 is 0. The van der Waals surface area contributed by atoms with E-state index in [9.17, 15) is 14.7 Å². The maximum absolute atomic E-state index is 13.1. The van der Waals surface area contributed by atoms with Crippen LogP contribution in [0.1, 0.15) is 31.7 Å². The summed E-state index contributed by atoms with van der Waals surface area (Å²) in [6.07, 6.45) is 6.92. The van der Waals surface area contributed by atoms with Crippen LogP contribution in [-0.2, 0) is 15.2 Å². The lowest BCUT2D eigenvalue weighted by molar-refractivity contribution is -0.139. The van der Waals surface area contributed by atoms with E-state index in [1.54, 1.807) is 42.2 Å². The number of hydrogen-bond donors (Lipinski definition) is 2. The minimum absolute atomic E-state index is 0.00991. The molecule has 6 heteroatoms. The van der Waals surface area contributed by atoms with Crippen LogP contribution in [0.4, 0.5) is 11.4 Å². The normalized spacial score (nSPS) is 23.4. The average molecular weight is 370 g/mol. The van der Waals surface area contributed by atoms with Gasteiger partial charge in [0.1, 0.15) is 0 Å². The molecule has 1 saturated heterocycles. The number of benzene rings is 1. The monoisotopic (exact) mass is 370 g/mol. The molecule has 2 N–H and O–H groups in total. The van der Waals surface area contributed by atoms with Gasteiger partial charge in [-0.15, -0.1) is 6.58 Å². The fraction of sp³-hybridized carbons (Fsp3) is 0.429. The van der Waals surface area contributed by atoms with Crippen molar-refractivity contribution in [3.05, 3.63) is 48.6 Å². The number of fused-ring (bicyclic) bond motifs is 1. The highest BCUT2D eigenvalue weighted by atomic mass is 16.3. The molecule has 0 aliphatic carbocycles. The zero-order chi connectivity index (χ0) is 19.6. The van der Waals surface area contributed by atoms with E-state index in [0.717, 1.165) is 6.42 Å². The number of anilines is 2. The van der Waals surface area contributed by atoms with E-state index >= 15 is 0 Å². The number of amides is 2. The van der Waals surface area contributed by atoms with Crippen molar-refractivity contribution in [3.8, 4) is 0 Å². The second-order valence-corrected chi connectivity index (χ2v) is 7.05. The van der Waals surface area contributed by atoms with E-state index < -0.39 is 17.4 Å². The standard InChI is InChI=1S/C21H26N2O4/c1-3-11-23-18-10-9-16(22-12-6-8-19(22)25)14-17(18)21(27,20(23)26)15(2)7-4-5-13-24/h3-4,7,9-10,14-15,24,27H,1,5-6,8,11-13H2,2H3/b7-4+/t15-,21+/m0/s1. The summed E-state index contributed by atoms with van der Waals surface area (Å²) in [5, 5.41) is 20.4. The second-order valence-electron chi connectivity index (χ2n) is 7.05. The first kappa shape index (κ1) is 19.3. The smallest absolute Gasteiger partial charge is 0.264 e. The molecule has 1 aromatic rings. The third-order valence-electron chi connectivity index (χ3n) is 5.33. The average Bonchev–Trinajstić information content (AvgIpc) is 3.18. The topological polar surface area (TPSA) is 81.1 Å². The van der Waals surface area contributed by atoms with Crippen molar-refractivity contribution in [1.29, 1.82) is 0 Å². The van der Waals surface area contributed by atoms with E-state index in [1.807, 2.05) is 6.07 Å². The highest BCUT2D eigenvalue weighted by molar-refractivity contribution is 6.08. The number of aliphatic hydroxyl groups is 2. The Morgan fingerprint density at radius 3 is 2.78 bits per heavy atom. The molecule has 0 spiro atoms. The second kappa shape index (κ2) is 7.66. The lowest BCUT2D eigenvalue weighted by atomic mass is 9.82. The summed E-state index contributed by atoms with van der Waals surface area (Å²) in [5.74, 6) is -0.834. The molecule has 2 amide bonds. The molecule has 0 unspecified atom stereocenters. The van der Waals surface area contributed by atoms with Gasteiger partial charge in [0.05, 0.1) is 5.69 Å². The van der Waals surface area contributed by atoms with Crippen molar-refractivity contribution in [3.63, 3.8) is 0 Å². The van der Waals surface area contributed by atoms with Crippen LogP contribution in [0, 0.1) is 5.92 Å². The summed E-state index contributed by atoms with van der Waals surface area (Å²) in [4.78, 5) is 28.4. The lowest BCUT2D eigenvalue weighted by Gasteiger charge is -2.28. The van der Waals surface area contributed by atoms with Crippen LogP contribution in [0.5, 0.6) is 0 Å². The SMILES string of the molecule is C=CCN1C(=O)[C@@](O)([C@@H](C)/C=C/CCO)c2cc(N3CCCC3=O)ccc21. The first-order valence-corrected chi connectivity index (χ1v) is 9.32. The quantitative estimate of drug-likeness (QED) is 0.721. The van der Waals surface area contributed by atoms with Crippen molar-refractivity contribution in [1.82, 2.24) is 0 Å². The summed E-state index contributed by atoms with van der Waals surface area (Å²) in [5.41, 5.74) is 0.130. The van der Waals surface area contributed by atoms with E-state index in [0.29, 0.717) is 42.9 Å². The van der Waals surface area contributed by atoms with Gasteiger partial charge in [0.15, 0.2) is 5.60 Å². The summed E-state index contributed by atoms with van der Waals surface area (Å²) in [6.45, 7) is 6.43. The highest BCUT2D eigenvalue weighted by Crippen LogP contribution is 2.46. The maximum Gasteiger partial charge on any atom is 0.264 e. The van der Waals surface area contributed by atoms with E-state index in [1.165, 1.54) is 4.90 Å². The van der Waals surface area contributed by atoms with Crippen LogP contribution in [0.3, 0.4) is 0 Å². The van der Waals surface area contributed by atoms with Crippen LogP contribution in [0.25, 0.3) is 0 Å². The third kappa shape index (κ3) is 3.19. The van der Waals surface area contributed by atoms with Gasteiger partial charge < -0.3 is 20.0 Å². The Balaban J connectivity index is 2.06. The lowest BCUT2D eigenvalue weighted by Crippen LogP contribution is -2.44. The first-order chi connectivity index (χ1) is 12.9. The molecule has 6 nitrogen and oxygen atoms in total.